The summed E-state index contributed by atoms with van der Waals surface area (Å²) in [7, 11) is 0. The third-order valence-corrected chi connectivity index (χ3v) is 4.51. The number of rotatable bonds is 6. The molecule has 0 aliphatic rings. The maximum atomic E-state index is 6.11. The Morgan fingerprint density at radius 3 is 1.84 bits per heavy atom. The van der Waals surface area contributed by atoms with E-state index in [2.05, 4.69) is 83.6 Å². The number of halogens is 1. The molecular weight excluding hydrogens is 419 g/mol. The lowest BCUT2D eigenvalue weighted by atomic mass is 9.87. The SMILES string of the molecule is CC(N)[n+]1ccccc1CCC(c1ccccc1)c1ccccc1.[I-]. The van der Waals surface area contributed by atoms with Gasteiger partial charge in [-0.25, -0.2) is 0 Å². The molecule has 0 aliphatic carbocycles. The summed E-state index contributed by atoms with van der Waals surface area (Å²) in [4.78, 5) is 0. The van der Waals surface area contributed by atoms with Crippen LogP contribution in [-0.2, 0) is 6.42 Å². The predicted molar refractivity (Wildman–Crippen MR) is 98.6 cm³/mol. The second kappa shape index (κ2) is 9.68. The molecule has 0 saturated heterocycles. The van der Waals surface area contributed by atoms with Crippen LogP contribution in [0.15, 0.2) is 85.1 Å². The summed E-state index contributed by atoms with van der Waals surface area (Å²) in [5.74, 6) is 0.397. The highest BCUT2D eigenvalue weighted by Crippen LogP contribution is 2.28. The lowest BCUT2D eigenvalue weighted by molar-refractivity contribution is -0.725. The molecule has 1 unspecified atom stereocenters. The molecule has 0 saturated carbocycles. The maximum absolute atomic E-state index is 6.11. The Balaban J connectivity index is 0.00000225. The van der Waals surface area contributed by atoms with E-state index in [4.69, 9.17) is 5.73 Å². The van der Waals surface area contributed by atoms with Crippen LogP contribution in [0.4, 0.5) is 0 Å². The summed E-state index contributed by atoms with van der Waals surface area (Å²) in [6, 6.07) is 27.8. The molecule has 2 nitrogen and oxygen atoms in total. The molecule has 3 aromatic rings. The fourth-order valence-corrected chi connectivity index (χ4v) is 3.29. The second-order valence-electron chi connectivity index (χ2n) is 6.25. The van der Waals surface area contributed by atoms with Gasteiger partial charge >= 0.3 is 0 Å². The van der Waals surface area contributed by atoms with Crippen LogP contribution >= 0.6 is 0 Å². The Labute approximate surface area is 167 Å². The molecule has 0 spiro atoms. The van der Waals surface area contributed by atoms with Crippen LogP contribution < -0.4 is 34.3 Å². The number of hydrogen-bond donors (Lipinski definition) is 1. The van der Waals surface area contributed by atoms with Gasteiger partial charge in [-0.05, 0) is 17.5 Å². The van der Waals surface area contributed by atoms with Crippen molar-refractivity contribution in [1.29, 1.82) is 0 Å². The quantitative estimate of drug-likeness (QED) is 0.450. The average molecular weight is 444 g/mol. The molecule has 0 fully saturated rings. The first-order chi connectivity index (χ1) is 11.8. The normalized spacial score (nSPS) is 11.8. The molecule has 3 heteroatoms. The van der Waals surface area contributed by atoms with Crippen LogP contribution in [0.1, 0.15) is 42.2 Å². The van der Waals surface area contributed by atoms with E-state index in [1.807, 2.05) is 13.0 Å². The monoisotopic (exact) mass is 444 g/mol. The van der Waals surface area contributed by atoms with E-state index in [0.29, 0.717) is 5.92 Å². The highest BCUT2D eigenvalue weighted by Gasteiger charge is 2.18. The van der Waals surface area contributed by atoms with Crippen molar-refractivity contribution >= 4 is 0 Å². The standard InChI is InChI=1S/C22H25N2.HI/c1-18(23)24-17-9-8-14-21(24)15-16-22(19-10-4-2-5-11-19)20-12-6-3-7-13-20;/h2-14,17-18,22H,15-16,23H2,1H3;1H/q+1;/p-1. The van der Waals surface area contributed by atoms with Crippen molar-refractivity contribution < 1.29 is 28.5 Å². The summed E-state index contributed by atoms with van der Waals surface area (Å²) in [6.07, 6.45) is 4.12. The molecule has 130 valence electrons. The topological polar surface area (TPSA) is 29.9 Å². The van der Waals surface area contributed by atoms with Crippen molar-refractivity contribution in [2.75, 3.05) is 0 Å². The van der Waals surface area contributed by atoms with E-state index in [1.165, 1.54) is 16.8 Å². The van der Waals surface area contributed by atoms with Gasteiger partial charge in [0.15, 0.2) is 11.9 Å². The Morgan fingerprint density at radius 1 is 0.800 bits per heavy atom. The summed E-state index contributed by atoms with van der Waals surface area (Å²) in [5, 5.41) is 0. The Hall–Kier alpha value is -1.72. The zero-order valence-electron chi connectivity index (χ0n) is 14.6. The fourth-order valence-electron chi connectivity index (χ4n) is 3.29. The number of nitrogens with zero attached hydrogens (tertiary/aromatic N) is 1. The smallest absolute Gasteiger partial charge is 0.206 e. The van der Waals surface area contributed by atoms with Gasteiger partial charge in [0.1, 0.15) is 0 Å². The molecule has 0 radical (unpaired) electrons. The first kappa shape index (κ1) is 19.6. The van der Waals surface area contributed by atoms with Crippen molar-refractivity contribution in [2.45, 2.75) is 31.8 Å². The van der Waals surface area contributed by atoms with Crippen molar-refractivity contribution in [3.05, 3.63) is 102 Å². The van der Waals surface area contributed by atoms with E-state index < -0.39 is 0 Å². The minimum absolute atomic E-state index is 0. The molecule has 2 aromatic carbocycles. The zero-order chi connectivity index (χ0) is 16.8. The third-order valence-electron chi connectivity index (χ3n) is 4.51. The van der Waals surface area contributed by atoms with Gasteiger partial charge in [0, 0.05) is 31.4 Å². The number of nitrogens with two attached hydrogens (primary N) is 1. The Morgan fingerprint density at radius 2 is 1.32 bits per heavy atom. The average Bonchev–Trinajstić information content (AvgIpc) is 2.64. The molecule has 1 heterocycles. The van der Waals surface area contributed by atoms with Crippen molar-refractivity contribution in [3.8, 4) is 0 Å². The van der Waals surface area contributed by atoms with E-state index in [1.54, 1.807) is 0 Å². The Bertz CT molecular complexity index is 718. The van der Waals surface area contributed by atoms with E-state index in [9.17, 15) is 0 Å². The van der Waals surface area contributed by atoms with Gasteiger partial charge in [0.05, 0.1) is 0 Å². The number of aromatic nitrogens is 1. The number of benzene rings is 2. The largest absolute Gasteiger partial charge is 1.00 e. The first-order valence-corrected chi connectivity index (χ1v) is 8.60. The van der Waals surface area contributed by atoms with Crippen LogP contribution in [0.25, 0.3) is 0 Å². The molecule has 0 amide bonds. The summed E-state index contributed by atoms with van der Waals surface area (Å²) in [5.41, 5.74) is 10.1. The highest BCUT2D eigenvalue weighted by atomic mass is 127. The van der Waals surface area contributed by atoms with Gasteiger partial charge < -0.3 is 24.0 Å². The summed E-state index contributed by atoms with van der Waals surface area (Å²) in [6.45, 7) is 2.02. The van der Waals surface area contributed by atoms with Crippen molar-refractivity contribution in [1.82, 2.24) is 0 Å². The van der Waals surface area contributed by atoms with E-state index in [-0.39, 0.29) is 30.1 Å². The molecule has 0 bridgehead atoms. The van der Waals surface area contributed by atoms with Gasteiger partial charge in [-0.1, -0.05) is 66.7 Å². The van der Waals surface area contributed by atoms with E-state index in [0.717, 1.165) is 12.8 Å². The fraction of sp³-hybridized carbons (Fsp3) is 0.227. The molecule has 1 atom stereocenters. The minimum Gasteiger partial charge on any atom is -1.00 e. The molecule has 0 aliphatic heterocycles. The van der Waals surface area contributed by atoms with Gasteiger partial charge in [-0.15, -0.1) is 0 Å². The molecule has 25 heavy (non-hydrogen) atoms. The van der Waals surface area contributed by atoms with E-state index >= 15 is 0 Å². The summed E-state index contributed by atoms with van der Waals surface area (Å²) < 4.78 is 2.16. The van der Waals surface area contributed by atoms with Crippen LogP contribution in [0.5, 0.6) is 0 Å². The van der Waals surface area contributed by atoms with Crippen LogP contribution in [0.2, 0.25) is 0 Å². The number of pyridine rings is 1. The highest BCUT2D eigenvalue weighted by molar-refractivity contribution is 5.32. The minimum atomic E-state index is -0.00639. The van der Waals surface area contributed by atoms with Gasteiger partial charge in [0.25, 0.3) is 0 Å². The number of aryl methyl sites for hydroxylation is 1. The lowest BCUT2D eigenvalue weighted by Crippen LogP contribution is -3.00. The van der Waals surface area contributed by atoms with Crippen molar-refractivity contribution in [3.63, 3.8) is 0 Å². The number of hydrogen-bond acceptors (Lipinski definition) is 1. The third kappa shape index (κ3) is 5.13. The van der Waals surface area contributed by atoms with Crippen LogP contribution in [0, 0.1) is 0 Å². The lowest BCUT2D eigenvalue weighted by Gasteiger charge is -2.18. The second-order valence-corrected chi connectivity index (χ2v) is 6.25. The van der Waals surface area contributed by atoms with Gasteiger partial charge in [-0.2, -0.15) is 4.57 Å². The Kier molecular flexibility index (Phi) is 7.59. The first-order valence-electron chi connectivity index (χ1n) is 8.60. The molecule has 3 rings (SSSR count). The zero-order valence-corrected chi connectivity index (χ0v) is 16.7. The van der Waals surface area contributed by atoms with Crippen molar-refractivity contribution in [2.24, 2.45) is 5.73 Å². The maximum Gasteiger partial charge on any atom is 0.206 e. The van der Waals surface area contributed by atoms with Crippen LogP contribution in [0.3, 0.4) is 0 Å². The van der Waals surface area contributed by atoms with Crippen LogP contribution in [-0.4, -0.2) is 0 Å². The van der Waals surface area contributed by atoms with Gasteiger partial charge in [-0.3, -0.25) is 5.73 Å². The molecule has 2 N–H and O–H groups in total. The predicted octanol–water partition coefficient (Wildman–Crippen LogP) is 1.22. The molecular formula is C22H25IN2. The molecule has 1 aromatic heterocycles. The van der Waals surface area contributed by atoms with Gasteiger partial charge in [0.2, 0.25) is 6.17 Å². The summed E-state index contributed by atoms with van der Waals surface area (Å²) >= 11 is 0.